The average Bonchev–Trinajstić information content (AvgIpc) is 3.40. The van der Waals surface area contributed by atoms with Crippen LogP contribution in [0.3, 0.4) is 0 Å². The van der Waals surface area contributed by atoms with Crippen LogP contribution in [0.2, 0.25) is 0 Å². The Labute approximate surface area is 156 Å². The summed E-state index contributed by atoms with van der Waals surface area (Å²) >= 11 is 0. The van der Waals surface area contributed by atoms with Gasteiger partial charge in [0.25, 0.3) is 5.89 Å². The number of sulfonamides is 1. The summed E-state index contributed by atoms with van der Waals surface area (Å²) in [6, 6.07) is 8.27. The van der Waals surface area contributed by atoms with Crippen LogP contribution >= 0.6 is 0 Å². The topological polar surface area (TPSA) is 98.7 Å². The van der Waals surface area contributed by atoms with E-state index in [-0.39, 0.29) is 10.8 Å². The van der Waals surface area contributed by atoms with E-state index in [0.717, 1.165) is 5.56 Å². The summed E-state index contributed by atoms with van der Waals surface area (Å²) in [7, 11) is -2.04. The van der Waals surface area contributed by atoms with Crippen molar-refractivity contribution in [2.24, 2.45) is 0 Å². The normalized spacial score (nSPS) is 16.5. The summed E-state index contributed by atoms with van der Waals surface area (Å²) in [5.74, 6) is 1.49. The van der Waals surface area contributed by atoms with E-state index in [2.05, 4.69) is 10.2 Å². The van der Waals surface area contributed by atoms with Crippen molar-refractivity contribution in [3.05, 3.63) is 48.7 Å². The maximum absolute atomic E-state index is 12.9. The summed E-state index contributed by atoms with van der Waals surface area (Å²) in [6.07, 6.45) is 4.33. The fourth-order valence-electron chi connectivity index (χ4n) is 3.16. The summed E-state index contributed by atoms with van der Waals surface area (Å²) in [5, 5.41) is 8.17. The Hall–Kier alpha value is -2.65. The predicted octanol–water partition coefficient (Wildman–Crippen LogP) is 2.91. The minimum Gasteiger partial charge on any atom is -0.497 e. The SMILES string of the molecule is COc1cccc(S(=O)(=O)N2CCC(c3nnc(-c4ccoc4)o3)CC2)c1. The van der Waals surface area contributed by atoms with Gasteiger partial charge in [0.15, 0.2) is 0 Å². The third-order valence-electron chi connectivity index (χ3n) is 4.69. The molecule has 2 aromatic heterocycles. The zero-order valence-corrected chi connectivity index (χ0v) is 15.6. The lowest BCUT2D eigenvalue weighted by Gasteiger charge is -2.29. The maximum atomic E-state index is 12.9. The highest BCUT2D eigenvalue weighted by Crippen LogP contribution is 2.32. The number of rotatable bonds is 5. The van der Waals surface area contributed by atoms with Gasteiger partial charge in [-0.1, -0.05) is 6.07 Å². The van der Waals surface area contributed by atoms with E-state index in [9.17, 15) is 8.42 Å². The fraction of sp³-hybridized carbons (Fsp3) is 0.333. The molecule has 0 atom stereocenters. The second kappa shape index (κ2) is 7.16. The molecule has 1 saturated heterocycles. The lowest BCUT2D eigenvalue weighted by atomic mass is 9.98. The molecule has 1 aromatic carbocycles. The van der Waals surface area contributed by atoms with Crippen LogP contribution in [0.25, 0.3) is 11.5 Å². The highest BCUT2D eigenvalue weighted by atomic mass is 32.2. The first-order valence-electron chi connectivity index (χ1n) is 8.58. The van der Waals surface area contributed by atoms with Crippen LogP contribution < -0.4 is 4.74 Å². The number of nitrogens with zero attached hydrogens (tertiary/aromatic N) is 3. The minimum absolute atomic E-state index is 0.0370. The van der Waals surface area contributed by atoms with Gasteiger partial charge in [-0.25, -0.2) is 8.42 Å². The number of methoxy groups -OCH3 is 1. The van der Waals surface area contributed by atoms with Crippen molar-refractivity contribution >= 4 is 10.0 Å². The van der Waals surface area contributed by atoms with Gasteiger partial charge in [0.05, 0.1) is 23.8 Å². The first kappa shape index (κ1) is 17.7. The molecular weight excluding hydrogens is 370 g/mol. The lowest BCUT2D eigenvalue weighted by Crippen LogP contribution is -2.37. The quantitative estimate of drug-likeness (QED) is 0.661. The average molecular weight is 389 g/mol. The lowest BCUT2D eigenvalue weighted by molar-refractivity contribution is 0.291. The van der Waals surface area contributed by atoms with Crippen molar-refractivity contribution in [3.63, 3.8) is 0 Å². The number of piperidine rings is 1. The third-order valence-corrected chi connectivity index (χ3v) is 6.59. The summed E-state index contributed by atoms with van der Waals surface area (Å²) in [6.45, 7) is 0.793. The number of hydrogen-bond acceptors (Lipinski definition) is 7. The monoisotopic (exact) mass is 389 g/mol. The van der Waals surface area contributed by atoms with E-state index in [1.54, 1.807) is 36.8 Å². The van der Waals surface area contributed by atoms with Crippen molar-refractivity contribution < 1.29 is 22.0 Å². The molecule has 27 heavy (non-hydrogen) atoms. The van der Waals surface area contributed by atoms with Gasteiger partial charge in [-0.2, -0.15) is 4.31 Å². The summed E-state index contributed by atoms with van der Waals surface area (Å²) in [5.41, 5.74) is 0.729. The van der Waals surface area contributed by atoms with E-state index >= 15 is 0 Å². The molecule has 0 unspecified atom stereocenters. The Morgan fingerprint density at radius 3 is 2.70 bits per heavy atom. The van der Waals surface area contributed by atoms with E-state index in [4.69, 9.17) is 13.6 Å². The van der Waals surface area contributed by atoms with Gasteiger partial charge in [-0.3, -0.25) is 0 Å². The largest absolute Gasteiger partial charge is 0.497 e. The van der Waals surface area contributed by atoms with E-state index in [0.29, 0.717) is 43.5 Å². The predicted molar refractivity (Wildman–Crippen MR) is 95.7 cm³/mol. The minimum atomic E-state index is -3.56. The molecular formula is C18H19N3O5S. The molecule has 9 heteroatoms. The number of furan rings is 1. The van der Waals surface area contributed by atoms with Gasteiger partial charge < -0.3 is 13.6 Å². The van der Waals surface area contributed by atoms with Gasteiger partial charge in [0.1, 0.15) is 12.0 Å². The molecule has 8 nitrogen and oxygen atoms in total. The van der Waals surface area contributed by atoms with Crippen LogP contribution in [0.15, 0.2) is 56.6 Å². The number of aromatic nitrogens is 2. The van der Waals surface area contributed by atoms with Crippen LogP contribution in [0, 0.1) is 0 Å². The smallest absolute Gasteiger partial charge is 0.250 e. The van der Waals surface area contributed by atoms with Gasteiger partial charge in [-0.15, -0.1) is 10.2 Å². The standard InChI is InChI=1S/C18H19N3O5S/c1-24-15-3-2-4-16(11-15)27(22,23)21-8-5-13(6-9-21)17-19-20-18(26-17)14-7-10-25-12-14/h2-4,7,10-13H,5-6,8-9H2,1H3. The number of benzene rings is 1. The highest BCUT2D eigenvalue weighted by molar-refractivity contribution is 7.89. The number of ether oxygens (including phenoxy) is 1. The molecule has 1 aliphatic rings. The molecule has 1 fully saturated rings. The Bertz CT molecular complexity index is 1010. The van der Waals surface area contributed by atoms with Crippen molar-refractivity contribution in [1.29, 1.82) is 0 Å². The molecule has 3 heterocycles. The Balaban J connectivity index is 1.45. The first-order chi connectivity index (χ1) is 13.1. The Morgan fingerprint density at radius 1 is 1.19 bits per heavy atom. The second-order valence-corrected chi connectivity index (χ2v) is 8.25. The zero-order chi connectivity index (χ0) is 18.9. The molecule has 0 amide bonds. The van der Waals surface area contributed by atoms with Crippen LogP contribution in [0.1, 0.15) is 24.7 Å². The van der Waals surface area contributed by atoms with E-state index in [1.165, 1.54) is 17.5 Å². The van der Waals surface area contributed by atoms with Crippen LogP contribution in [0.5, 0.6) is 5.75 Å². The molecule has 0 spiro atoms. The van der Waals surface area contributed by atoms with Gasteiger partial charge in [0.2, 0.25) is 15.9 Å². The van der Waals surface area contributed by atoms with Crippen molar-refractivity contribution in [2.45, 2.75) is 23.7 Å². The van der Waals surface area contributed by atoms with Crippen LogP contribution in [-0.2, 0) is 10.0 Å². The van der Waals surface area contributed by atoms with Gasteiger partial charge >= 0.3 is 0 Å². The molecule has 1 aliphatic heterocycles. The Kier molecular flexibility index (Phi) is 4.71. The molecule has 4 rings (SSSR count). The van der Waals surface area contributed by atoms with Crippen LogP contribution in [0.4, 0.5) is 0 Å². The first-order valence-corrected chi connectivity index (χ1v) is 10.0. The third kappa shape index (κ3) is 3.47. The van der Waals surface area contributed by atoms with Gasteiger partial charge in [-0.05, 0) is 31.0 Å². The zero-order valence-electron chi connectivity index (χ0n) is 14.7. The molecule has 0 radical (unpaired) electrons. The highest BCUT2D eigenvalue weighted by Gasteiger charge is 2.32. The molecule has 0 bridgehead atoms. The molecule has 142 valence electrons. The summed E-state index contributed by atoms with van der Waals surface area (Å²) in [4.78, 5) is 0.236. The van der Waals surface area contributed by atoms with Crippen LogP contribution in [-0.4, -0.2) is 43.1 Å². The number of hydrogen-bond donors (Lipinski definition) is 0. The van der Waals surface area contributed by atoms with Crippen molar-refractivity contribution in [3.8, 4) is 17.2 Å². The molecule has 0 aliphatic carbocycles. The van der Waals surface area contributed by atoms with Crippen molar-refractivity contribution in [1.82, 2.24) is 14.5 Å². The second-order valence-electron chi connectivity index (χ2n) is 6.31. The van der Waals surface area contributed by atoms with E-state index in [1.807, 2.05) is 0 Å². The fourth-order valence-corrected chi connectivity index (χ4v) is 4.66. The molecule has 0 saturated carbocycles. The summed E-state index contributed by atoms with van der Waals surface area (Å²) < 4.78 is 43.1. The van der Waals surface area contributed by atoms with Gasteiger partial charge in [0, 0.05) is 25.1 Å². The molecule has 0 N–H and O–H groups in total. The molecule has 3 aromatic rings. The van der Waals surface area contributed by atoms with Crippen molar-refractivity contribution in [2.75, 3.05) is 20.2 Å². The Morgan fingerprint density at radius 2 is 2.00 bits per heavy atom. The maximum Gasteiger partial charge on any atom is 0.250 e. The van der Waals surface area contributed by atoms with E-state index < -0.39 is 10.0 Å².